The number of hydrogen-bond acceptors (Lipinski definition) is 6. The molecule has 1 heterocycles. The van der Waals surface area contributed by atoms with Crippen molar-refractivity contribution in [1.82, 2.24) is 15.0 Å². The van der Waals surface area contributed by atoms with Crippen LogP contribution >= 0.6 is 34.8 Å². The first-order valence-corrected chi connectivity index (χ1v) is 13.8. The second kappa shape index (κ2) is 12.3. The minimum atomic E-state index is -3.98. The zero-order valence-electron chi connectivity index (χ0n) is 20.7. The summed E-state index contributed by atoms with van der Waals surface area (Å²) in [5.41, 5.74) is 2.15. The Bertz CT molecular complexity index is 1450. The molecule has 0 fully saturated rings. The summed E-state index contributed by atoms with van der Waals surface area (Å²) >= 11 is 18.1. The second-order valence-corrected chi connectivity index (χ2v) is 12.4. The number of benzene rings is 2. The Hall–Kier alpha value is -2.89. The maximum Gasteiger partial charge on any atom is 0.329 e. The average Bonchev–Trinajstić information content (AvgIpc) is 3.27. The smallest absolute Gasteiger partial charge is 0.329 e. The Balaban J connectivity index is 1.78. The van der Waals surface area contributed by atoms with Crippen LogP contribution < -0.4 is 10.7 Å². The van der Waals surface area contributed by atoms with Gasteiger partial charge in [0.05, 0.1) is 27.7 Å². The molecule has 0 aliphatic heterocycles. The standard InChI is InChI=1S/C25H25Cl3N4O5S/c1-25(2,3)30-23(33)24(34)31-29-13-18-7-8-19(37-18)15-32(14-16-4-11-21(27)22(28)12-16)38(35,36)20-9-5-17(26)6-10-20/h4-13H,14-15H2,1-3H3,(H,30,33)(H,31,34)/b29-13+. The van der Waals surface area contributed by atoms with Gasteiger partial charge >= 0.3 is 11.8 Å². The molecule has 2 aromatic carbocycles. The van der Waals surface area contributed by atoms with Gasteiger partial charge in [0, 0.05) is 17.1 Å². The summed E-state index contributed by atoms with van der Waals surface area (Å²) < 4.78 is 33.9. The Morgan fingerprint density at radius 2 is 1.63 bits per heavy atom. The molecular formula is C25H25Cl3N4O5S. The van der Waals surface area contributed by atoms with Gasteiger partial charge in [0.1, 0.15) is 11.5 Å². The molecule has 9 nitrogen and oxygen atoms in total. The molecular weight excluding hydrogens is 575 g/mol. The number of hydrogen-bond donors (Lipinski definition) is 2. The molecule has 13 heteroatoms. The van der Waals surface area contributed by atoms with Crippen molar-refractivity contribution in [1.29, 1.82) is 0 Å². The Kier molecular flexibility index (Phi) is 9.61. The molecule has 202 valence electrons. The van der Waals surface area contributed by atoms with Crippen LogP contribution in [0.5, 0.6) is 0 Å². The van der Waals surface area contributed by atoms with Crippen LogP contribution in [0.3, 0.4) is 0 Å². The molecule has 0 atom stereocenters. The number of rotatable bonds is 8. The van der Waals surface area contributed by atoms with Crippen LogP contribution in [0, 0.1) is 0 Å². The van der Waals surface area contributed by atoms with Gasteiger partial charge in [-0.3, -0.25) is 9.59 Å². The van der Waals surface area contributed by atoms with Crippen LogP contribution in [0.25, 0.3) is 0 Å². The molecule has 38 heavy (non-hydrogen) atoms. The summed E-state index contributed by atoms with van der Waals surface area (Å²) in [7, 11) is -3.98. The first-order valence-electron chi connectivity index (χ1n) is 11.2. The van der Waals surface area contributed by atoms with Crippen molar-refractivity contribution in [3.63, 3.8) is 0 Å². The molecule has 0 radical (unpaired) electrons. The first-order chi connectivity index (χ1) is 17.7. The molecule has 3 aromatic rings. The predicted molar refractivity (Wildman–Crippen MR) is 147 cm³/mol. The quantitative estimate of drug-likeness (QED) is 0.215. The van der Waals surface area contributed by atoms with Crippen LogP contribution in [0.1, 0.15) is 37.9 Å². The Morgan fingerprint density at radius 1 is 0.947 bits per heavy atom. The van der Waals surface area contributed by atoms with Gasteiger partial charge in [0.25, 0.3) is 0 Å². The highest BCUT2D eigenvalue weighted by atomic mass is 35.5. The van der Waals surface area contributed by atoms with Crippen molar-refractivity contribution in [2.24, 2.45) is 5.10 Å². The number of amides is 2. The third kappa shape index (κ3) is 8.31. The van der Waals surface area contributed by atoms with E-state index < -0.39 is 27.4 Å². The van der Waals surface area contributed by atoms with Crippen LogP contribution in [0.15, 0.2) is 69.0 Å². The zero-order chi connectivity index (χ0) is 28.1. The molecule has 0 spiro atoms. The highest BCUT2D eigenvalue weighted by Gasteiger charge is 2.26. The summed E-state index contributed by atoms with van der Waals surface area (Å²) in [5, 5.41) is 7.28. The van der Waals surface area contributed by atoms with E-state index in [1.165, 1.54) is 34.8 Å². The van der Waals surface area contributed by atoms with Gasteiger partial charge in [-0.1, -0.05) is 40.9 Å². The first kappa shape index (κ1) is 29.7. The molecule has 0 aliphatic carbocycles. The van der Waals surface area contributed by atoms with Crippen molar-refractivity contribution in [2.45, 2.75) is 44.3 Å². The SMILES string of the molecule is CC(C)(C)NC(=O)C(=O)N/N=C/c1ccc(CN(Cc2ccc(Cl)c(Cl)c2)S(=O)(=O)c2ccc(Cl)cc2)o1. The Morgan fingerprint density at radius 3 is 2.26 bits per heavy atom. The molecule has 1 aromatic heterocycles. The number of nitrogens with zero attached hydrogens (tertiary/aromatic N) is 2. The van der Waals surface area contributed by atoms with Crippen LogP contribution in [-0.2, 0) is 32.7 Å². The number of nitrogens with one attached hydrogen (secondary N) is 2. The number of carbonyl (C=O) groups excluding carboxylic acids is 2. The lowest BCUT2D eigenvalue weighted by Gasteiger charge is -2.22. The van der Waals surface area contributed by atoms with Crippen molar-refractivity contribution >= 4 is 62.9 Å². The van der Waals surface area contributed by atoms with E-state index in [-0.39, 0.29) is 23.7 Å². The van der Waals surface area contributed by atoms with Gasteiger partial charge in [-0.15, -0.1) is 0 Å². The summed E-state index contributed by atoms with van der Waals surface area (Å²) in [5.74, 6) is -1.24. The van der Waals surface area contributed by atoms with Gasteiger partial charge in [-0.2, -0.15) is 9.41 Å². The van der Waals surface area contributed by atoms with Crippen molar-refractivity contribution in [2.75, 3.05) is 0 Å². The molecule has 0 aliphatic rings. The normalized spacial score (nSPS) is 12.2. The molecule has 2 amide bonds. The number of sulfonamides is 1. The van der Waals surface area contributed by atoms with Crippen molar-refractivity contribution < 1.29 is 22.4 Å². The fraction of sp³-hybridized carbons (Fsp3) is 0.240. The largest absolute Gasteiger partial charge is 0.459 e. The lowest BCUT2D eigenvalue weighted by Crippen LogP contribution is -2.47. The number of hydrazone groups is 1. The van der Waals surface area contributed by atoms with Gasteiger partial charge in [0.15, 0.2) is 0 Å². The van der Waals surface area contributed by atoms with E-state index in [2.05, 4.69) is 15.8 Å². The number of halogens is 3. The molecule has 3 rings (SSSR count). The van der Waals surface area contributed by atoms with E-state index >= 15 is 0 Å². The zero-order valence-corrected chi connectivity index (χ0v) is 23.7. The molecule has 0 bridgehead atoms. The van der Waals surface area contributed by atoms with Gasteiger partial charge in [0.2, 0.25) is 10.0 Å². The maximum atomic E-state index is 13.5. The van der Waals surface area contributed by atoms with Gasteiger partial charge in [-0.25, -0.2) is 13.8 Å². The van der Waals surface area contributed by atoms with Crippen LogP contribution in [-0.4, -0.2) is 36.3 Å². The van der Waals surface area contributed by atoms with E-state index in [1.54, 1.807) is 51.1 Å². The Labute approximate surface area is 235 Å². The molecule has 0 saturated heterocycles. The lowest BCUT2D eigenvalue weighted by atomic mass is 10.1. The monoisotopic (exact) mass is 598 g/mol. The summed E-state index contributed by atoms with van der Waals surface area (Å²) in [6, 6.07) is 13.8. The second-order valence-electron chi connectivity index (χ2n) is 9.18. The number of furan rings is 1. The van der Waals surface area contributed by atoms with Gasteiger partial charge < -0.3 is 9.73 Å². The van der Waals surface area contributed by atoms with E-state index in [1.807, 2.05) is 0 Å². The van der Waals surface area contributed by atoms with Gasteiger partial charge in [-0.05, 0) is 74.9 Å². The minimum absolute atomic E-state index is 0.0229. The predicted octanol–water partition coefficient (Wildman–Crippen LogP) is 5.00. The van der Waals surface area contributed by atoms with E-state index in [9.17, 15) is 18.0 Å². The van der Waals surface area contributed by atoms with Crippen LogP contribution in [0.4, 0.5) is 0 Å². The van der Waals surface area contributed by atoms with E-state index in [0.717, 1.165) is 0 Å². The average molecular weight is 600 g/mol. The minimum Gasteiger partial charge on any atom is -0.459 e. The summed E-state index contributed by atoms with van der Waals surface area (Å²) in [6.45, 7) is 5.07. The lowest BCUT2D eigenvalue weighted by molar-refractivity contribution is -0.140. The third-order valence-corrected chi connectivity index (χ3v) is 7.66. The third-order valence-electron chi connectivity index (χ3n) is 4.86. The highest BCUT2D eigenvalue weighted by molar-refractivity contribution is 7.89. The molecule has 0 unspecified atom stereocenters. The van der Waals surface area contributed by atoms with Crippen molar-refractivity contribution in [3.05, 3.63) is 86.7 Å². The fourth-order valence-corrected chi connectivity index (χ4v) is 4.99. The van der Waals surface area contributed by atoms with Crippen molar-refractivity contribution in [3.8, 4) is 0 Å². The summed E-state index contributed by atoms with van der Waals surface area (Å²) in [4.78, 5) is 23.8. The highest BCUT2D eigenvalue weighted by Crippen LogP contribution is 2.27. The molecule has 0 saturated carbocycles. The summed E-state index contributed by atoms with van der Waals surface area (Å²) in [6.07, 6.45) is 1.20. The maximum absolute atomic E-state index is 13.5. The fourth-order valence-electron chi connectivity index (χ4n) is 3.15. The molecule has 2 N–H and O–H groups in total. The number of carbonyl (C=O) groups is 2. The van der Waals surface area contributed by atoms with Crippen LogP contribution in [0.2, 0.25) is 15.1 Å². The topological polar surface area (TPSA) is 121 Å². The van der Waals surface area contributed by atoms with E-state index in [4.69, 9.17) is 39.2 Å². The van der Waals surface area contributed by atoms with E-state index in [0.29, 0.717) is 26.4 Å².